The molecular weight excluding hydrogens is 124 g/mol. The fraction of sp³-hybridized carbons (Fsp3) is 0.750. The van der Waals surface area contributed by atoms with Crippen molar-refractivity contribution in [2.75, 3.05) is 33.2 Å². The third kappa shape index (κ3) is 0.976. The summed E-state index contributed by atoms with van der Waals surface area (Å²) in [7, 11) is 2.19. The van der Waals surface area contributed by atoms with Crippen molar-refractivity contribution in [2.45, 2.75) is 6.42 Å². The molecule has 0 aromatic heterocycles. The van der Waals surface area contributed by atoms with Crippen LogP contribution in [-0.2, 0) is 0 Å². The van der Waals surface area contributed by atoms with Crippen molar-refractivity contribution in [1.82, 2.24) is 10.2 Å². The molecule has 1 N–H and O–H groups in total. The first kappa shape index (κ1) is 6.38. The van der Waals surface area contributed by atoms with Gasteiger partial charge in [-0.05, 0) is 25.6 Å². The molecule has 10 heavy (non-hydrogen) atoms. The van der Waals surface area contributed by atoms with E-state index in [1.54, 1.807) is 11.1 Å². The van der Waals surface area contributed by atoms with Crippen LogP contribution < -0.4 is 5.32 Å². The summed E-state index contributed by atoms with van der Waals surface area (Å²) in [5, 5.41) is 3.39. The van der Waals surface area contributed by atoms with Gasteiger partial charge in [0, 0.05) is 19.6 Å². The Morgan fingerprint density at radius 2 is 2.10 bits per heavy atom. The second-order valence-electron chi connectivity index (χ2n) is 3.31. The van der Waals surface area contributed by atoms with Crippen molar-refractivity contribution in [3.8, 4) is 0 Å². The van der Waals surface area contributed by atoms with Gasteiger partial charge in [-0.1, -0.05) is 5.57 Å². The van der Waals surface area contributed by atoms with Crippen LogP contribution >= 0.6 is 0 Å². The van der Waals surface area contributed by atoms with Gasteiger partial charge in [-0.25, -0.2) is 0 Å². The molecule has 0 unspecified atom stereocenters. The summed E-state index contributed by atoms with van der Waals surface area (Å²) in [5.74, 6) is 0. The minimum Gasteiger partial charge on any atom is -0.313 e. The number of likely N-dealkylation sites (N-methyl/N-ethyl adjacent to an activating group) is 1. The molecule has 0 saturated carbocycles. The Morgan fingerprint density at radius 1 is 1.30 bits per heavy atom. The zero-order chi connectivity index (χ0) is 6.97. The van der Waals surface area contributed by atoms with E-state index in [1.807, 2.05) is 0 Å². The summed E-state index contributed by atoms with van der Waals surface area (Å²) >= 11 is 0. The van der Waals surface area contributed by atoms with Crippen molar-refractivity contribution in [1.29, 1.82) is 0 Å². The molecule has 2 aliphatic rings. The predicted molar refractivity (Wildman–Crippen MR) is 42.0 cm³/mol. The average molecular weight is 138 g/mol. The van der Waals surface area contributed by atoms with Gasteiger partial charge in [0.05, 0.1) is 0 Å². The summed E-state index contributed by atoms with van der Waals surface area (Å²) in [6.45, 7) is 4.74. The third-order valence-corrected chi connectivity index (χ3v) is 2.36. The maximum absolute atomic E-state index is 3.39. The third-order valence-electron chi connectivity index (χ3n) is 2.36. The molecule has 0 aromatic carbocycles. The highest BCUT2D eigenvalue weighted by Crippen LogP contribution is 2.20. The second-order valence-corrected chi connectivity index (χ2v) is 3.31. The predicted octanol–water partition coefficient (Wildman–Crippen LogP) is 0.222. The van der Waals surface area contributed by atoms with E-state index in [2.05, 4.69) is 17.3 Å². The molecule has 2 rings (SSSR count). The zero-order valence-corrected chi connectivity index (χ0v) is 6.48. The quantitative estimate of drug-likeness (QED) is 0.482. The molecule has 0 atom stereocenters. The van der Waals surface area contributed by atoms with E-state index in [-0.39, 0.29) is 0 Å². The van der Waals surface area contributed by atoms with E-state index >= 15 is 0 Å². The number of nitrogens with one attached hydrogen (secondary N) is 1. The molecule has 0 aliphatic carbocycles. The monoisotopic (exact) mass is 138 g/mol. The molecular formula is C8H14N2. The van der Waals surface area contributed by atoms with Crippen LogP contribution in [0.3, 0.4) is 0 Å². The van der Waals surface area contributed by atoms with Crippen molar-refractivity contribution in [2.24, 2.45) is 0 Å². The van der Waals surface area contributed by atoms with Crippen LogP contribution in [0, 0.1) is 0 Å². The molecule has 2 aliphatic heterocycles. The highest BCUT2D eigenvalue weighted by Gasteiger charge is 2.20. The second kappa shape index (κ2) is 2.36. The Balaban J connectivity index is 2.13. The van der Waals surface area contributed by atoms with E-state index in [0.29, 0.717) is 0 Å². The number of hydrogen-bond acceptors (Lipinski definition) is 2. The maximum Gasteiger partial charge on any atom is 0.0209 e. The molecule has 2 nitrogen and oxygen atoms in total. The molecule has 56 valence electrons. The lowest BCUT2D eigenvalue weighted by molar-refractivity contribution is 0.423. The van der Waals surface area contributed by atoms with E-state index in [4.69, 9.17) is 0 Å². The largest absolute Gasteiger partial charge is 0.313 e. The lowest BCUT2D eigenvalue weighted by atomic mass is 10.1. The lowest BCUT2D eigenvalue weighted by Crippen LogP contribution is -2.24. The fourth-order valence-electron chi connectivity index (χ4n) is 1.85. The van der Waals surface area contributed by atoms with Crippen LogP contribution in [0.1, 0.15) is 6.42 Å². The average Bonchev–Trinajstić information content (AvgIpc) is 2.27. The van der Waals surface area contributed by atoms with E-state index < -0.39 is 0 Å². The van der Waals surface area contributed by atoms with Crippen molar-refractivity contribution in [3.05, 3.63) is 11.1 Å². The smallest absolute Gasteiger partial charge is 0.0209 e. The summed E-state index contributed by atoms with van der Waals surface area (Å²) in [6.07, 6.45) is 1.28. The molecule has 2 heterocycles. The number of hydrogen-bond donors (Lipinski definition) is 1. The van der Waals surface area contributed by atoms with Crippen LogP contribution in [0.4, 0.5) is 0 Å². The zero-order valence-electron chi connectivity index (χ0n) is 6.48. The van der Waals surface area contributed by atoms with Gasteiger partial charge in [0.2, 0.25) is 0 Å². The van der Waals surface area contributed by atoms with Crippen LogP contribution in [0.2, 0.25) is 0 Å². The Hall–Kier alpha value is -0.340. The van der Waals surface area contributed by atoms with Crippen molar-refractivity contribution >= 4 is 0 Å². The SMILES string of the molecule is CN1CC2=C(CNCC2)C1. The van der Waals surface area contributed by atoms with Crippen molar-refractivity contribution in [3.63, 3.8) is 0 Å². The van der Waals surface area contributed by atoms with E-state index in [9.17, 15) is 0 Å². The van der Waals surface area contributed by atoms with Crippen LogP contribution in [0.25, 0.3) is 0 Å². The van der Waals surface area contributed by atoms with Gasteiger partial charge in [0.15, 0.2) is 0 Å². The van der Waals surface area contributed by atoms with Gasteiger partial charge >= 0.3 is 0 Å². The molecule has 0 fully saturated rings. The molecule has 0 spiro atoms. The van der Waals surface area contributed by atoms with Gasteiger partial charge < -0.3 is 5.32 Å². The van der Waals surface area contributed by atoms with Gasteiger partial charge in [-0.3, -0.25) is 4.90 Å². The minimum absolute atomic E-state index is 1.14. The molecule has 0 aromatic rings. The summed E-state index contributed by atoms with van der Waals surface area (Å²) in [4.78, 5) is 2.39. The Kier molecular flexibility index (Phi) is 1.51. The molecule has 0 radical (unpaired) electrons. The normalized spacial score (nSPS) is 27.3. The Bertz CT molecular complexity index is 154. The highest BCUT2D eigenvalue weighted by molar-refractivity contribution is 5.26. The summed E-state index contributed by atoms with van der Waals surface area (Å²) in [5.41, 5.74) is 3.34. The Morgan fingerprint density at radius 3 is 2.90 bits per heavy atom. The first-order valence-corrected chi connectivity index (χ1v) is 3.95. The first-order valence-electron chi connectivity index (χ1n) is 3.95. The maximum atomic E-state index is 3.39. The van der Waals surface area contributed by atoms with Crippen LogP contribution in [-0.4, -0.2) is 38.1 Å². The van der Waals surface area contributed by atoms with E-state index in [0.717, 1.165) is 6.54 Å². The van der Waals surface area contributed by atoms with E-state index in [1.165, 1.54) is 26.1 Å². The molecule has 0 saturated heterocycles. The van der Waals surface area contributed by atoms with Gasteiger partial charge in [0.25, 0.3) is 0 Å². The molecule has 0 bridgehead atoms. The lowest BCUT2D eigenvalue weighted by Gasteiger charge is -2.13. The summed E-state index contributed by atoms with van der Waals surface area (Å²) < 4.78 is 0. The highest BCUT2D eigenvalue weighted by atomic mass is 15.1. The molecule has 0 amide bonds. The van der Waals surface area contributed by atoms with Crippen LogP contribution in [0.5, 0.6) is 0 Å². The van der Waals surface area contributed by atoms with Gasteiger partial charge in [0.1, 0.15) is 0 Å². The number of rotatable bonds is 0. The standard InChI is InChI=1S/C8H14N2/c1-10-5-7-2-3-9-4-8(7)6-10/h9H,2-6H2,1H3. The van der Waals surface area contributed by atoms with Crippen LogP contribution in [0.15, 0.2) is 11.1 Å². The number of nitrogens with zero attached hydrogens (tertiary/aromatic N) is 1. The fourth-order valence-corrected chi connectivity index (χ4v) is 1.85. The summed E-state index contributed by atoms with van der Waals surface area (Å²) in [6, 6.07) is 0. The molecule has 2 heteroatoms. The Labute approximate surface area is 61.9 Å². The van der Waals surface area contributed by atoms with Crippen molar-refractivity contribution < 1.29 is 0 Å². The minimum atomic E-state index is 1.14. The first-order chi connectivity index (χ1) is 4.86. The topological polar surface area (TPSA) is 15.3 Å². The van der Waals surface area contributed by atoms with Gasteiger partial charge in [-0.2, -0.15) is 0 Å². The van der Waals surface area contributed by atoms with Gasteiger partial charge in [-0.15, -0.1) is 0 Å².